The minimum Gasteiger partial charge on any atom is -0.381 e. The van der Waals surface area contributed by atoms with E-state index in [1.165, 1.54) is 28.2 Å². The molecule has 0 saturated carbocycles. The van der Waals surface area contributed by atoms with Crippen LogP contribution in [-0.4, -0.2) is 82.7 Å². The van der Waals surface area contributed by atoms with Gasteiger partial charge in [0.2, 0.25) is 0 Å². The van der Waals surface area contributed by atoms with E-state index in [0.29, 0.717) is 12.2 Å². The average Bonchev–Trinajstić information content (AvgIpc) is 3.60. The van der Waals surface area contributed by atoms with Crippen molar-refractivity contribution >= 4 is 5.82 Å². The lowest BCUT2D eigenvalue weighted by Crippen LogP contribution is -2.47. The molecule has 1 aliphatic rings. The Kier molecular flexibility index (Phi) is 7.15. The second kappa shape index (κ2) is 10.6. The van der Waals surface area contributed by atoms with Gasteiger partial charge in [-0.15, -0.1) is 10.2 Å². The lowest BCUT2D eigenvalue weighted by molar-refractivity contribution is -0.0418. The van der Waals surface area contributed by atoms with E-state index in [4.69, 9.17) is 0 Å². The van der Waals surface area contributed by atoms with Gasteiger partial charge in [0.1, 0.15) is 41.7 Å². The number of hydrogen-bond acceptors (Lipinski definition) is 9. The summed E-state index contributed by atoms with van der Waals surface area (Å²) in [6, 6.07) is 8.13. The first-order chi connectivity index (χ1) is 17.9. The van der Waals surface area contributed by atoms with E-state index in [1.807, 2.05) is 18.2 Å². The zero-order chi connectivity index (χ0) is 25.8. The highest BCUT2D eigenvalue weighted by Crippen LogP contribution is 2.35. The van der Waals surface area contributed by atoms with Gasteiger partial charge in [0.05, 0.1) is 6.54 Å². The molecule has 3 aromatic heterocycles. The minimum atomic E-state index is -1.86. The van der Waals surface area contributed by atoms with E-state index in [2.05, 4.69) is 40.3 Å². The van der Waals surface area contributed by atoms with E-state index in [1.54, 1.807) is 13.1 Å². The molecular weight excluding hydrogens is 482 g/mol. The fourth-order valence-electron chi connectivity index (χ4n) is 4.55. The number of anilines is 1. The first kappa shape index (κ1) is 24.8. The number of halogens is 2. The quantitative estimate of drug-likeness (QED) is 0.357. The average molecular weight is 511 g/mol. The Bertz CT molecular complexity index is 1290. The fraction of sp³-hybridized carbons (Fsp3) is 0.417. The van der Waals surface area contributed by atoms with Crippen molar-refractivity contribution < 1.29 is 13.9 Å². The van der Waals surface area contributed by atoms with Gasteiger partial charge in [-0.2, -0.15) is 9.90 Å². The van der Waals surface area contributed by atoms with Gasteiger partial charge in [-0.05, 0) is 30.3 Å². The maximum atomic E-state index is 14.8. The summed E-state index contributed by atoms with van der Waals surface area (Å²) in [7, 11) is 0. The number of benzene rings is 1. The van der Waals surface area contributed by atoms with E-state index in [-0.39, 0.29) is 12.1 Å². The standard InChI is InChI=1S/C24H28F2N10O/c1-18(24(37,15-35-17-27-16-29-35)20-6-5-19(25)14-21(20)26)36-31-22(30-32-36)7-9-33-10-12-34(13-11-33)23-4-2-3-8-28-23/h2-6,8,14,16-18,37H,7,9-13,15H2,1H3/t18-,24+/m0/s1. The lowest BCUT2D eigenvalue weighted by atomic mass is 9.86. The molecule has 0 unspecified atom stereocenters. The molecule has 5 rings (SSSR count). The largest absolute Gasteiger partial charge is 0.381 e. The third-order valence-corrected chi connectivity index (χ3v) is 6.77. The number of rotatable bonds is 9. The first-order valence-electron chi connectivity index (χ1n) is 12.1. The second-order valence-electron chi connectivity index (χ2n) is 9.11. The van der Waals surface area contributed by atoms with Crippen molar-refractivity contribution in [3.63, 3.8) is 0 Å². The Balaban J connectivity index is 1.26. The van der Waals surface area contributed by atoms with Crippen molar-refractivity contribution in [2.24, 2.45) is 0 Å². The van der Waals surface area contributed by atoms with E-state index < -0.39 is 23.3 Å². The molecule has 0 bridgehead atoms. The summed E-state index contributed by atoms with van der Waals surface area (Å²) >= 11 is 0. The van der Waals surface area contributed by atoms with Crippen LogP contribution >= 0.6 is 0 Å². The Morgan fingerprint density at radius 2 is 1.95 bits per heavy atom. The molecule has 1 aromatic carbocycles. The first-order valence-corrected chi connectivity index (χ1v) is 12.1. The number of aromatic nitrogens is 8. The van der Waals surface area contributed by atoms with Gasteiger partial charge in [-0.1, -0.05) is 12.1 Å². The Morgan fingerprint density at radius 3 is 2.65 bits per heavy atom. The number of pyridine rings is 1. The van der Waals surface area contributed by atoms with Gasteiger partial charge in [0.15, 0.2) is 5.82 Å². The van der Waals surface area contributed by atoms with Crippen molar-refractivity contribution in [3.8, 4) is 0 Å². The van der Waals surface area contributed by atoms with E-state index in [9.17, 15) is 13.9 Å². The Labute approximate surface area is 212 Å². The van der Waals surface area contributed by atoms with E-state index in [0.717, 1.165) is 50.7 Å². The maximum absolute atomic E-state index is 14.8. The van der Waals surface area contributed by atoms with Gasteiger partial charge in [0, 0.05) is 57.0 Å². The molecule has 2 atom stereocenters. The van der Waals surface area contributed by atoms with Crippen LogP contribution in [0.5, 0.6) is 0 Å². The van der Waals surface area contributed by atoms with Crippen LogP contribution in [0.25, 0.3) is 0 Å². The predicted molar refractivity (Wildman–Crippen MR) is 129 cm³/mol. The molecule has 1 N–H and O–H groups in total. The summed E-state index contributed by atoms with van der Waals surface area (Å²) in [6.07, 6.45) is 5.10. The molecular formula is C24H28F2N10O. The SMILES string of the molecule is C[C@H](n1nnc(CCN2CCN(c3ccccn3)CC2)n1)[C@](O)(Cn1cncn1)c1ccc(F)cc1F. The normalized spacial score (nSPS) is 17.0. The van der Waals surface area contributed by atoms with E-state index >= 15 is 0 Å². The van der Waals surface area contributed by atoms with Gasteiger partial charge in [0.25, 0.3) is 0 Å². The summed E-state index contributed by atoms with van der Waals surface area (Å²) in [5.41, 5.74) is -1.95. The van der Waals surface area contributed by atoms with Crippen LogP contribution in [0.3, 0.4) is 0 Å². The highest BCUT2D eigenvalue weighted by molar-refractivity contribution is 5.38. The maximum Gasteiger partial charge on any atom is 0.176 e. The van der Waals surface area contributed by atoms with Crippen molar-refractivity contribution in [1.82, 2.24) is 44.9 Å². The zero-order valence-corrected chi connectivity index (χ0v) is 20.4. The molecule has 0 amide bonds. The Morgan fingerprint density at radius 1 is 1.11 bits per heavy atom. The summed E-state index contributed by atoms with van der Waals surface area (Å²) in [6.45, 7) is 5.81. The van der Waals surface area contributed by atoms with Crippen LogP contribution in [0, 0.1) is 11.6 Å². The molecule has 1 saturated heterocycles. The van der Waals surface area contributed by atoms with Crippen LogP contribution in [0.2, 0.25) is 0 Å². The number of piperazine rings is 1. The van der Waals surface area contributed by atoms with Crippen LogP contribution in [0.15, 0.2) is 55.2 Å². The van der Waals surface area contributed by atoms with Gasteiger partial charge >= 0.3 is 0 Å². The highest BCUT2D eigenvalue weighted by atomic mass is 19.1. The fourth-order valence-corrected chi connectivity index (χ4v) is 4.55. The summed E-state index contributed by atoms with van der Waals surface area (Å²) in [4.78, 5) is 14.2. The molecule has 194 valence electrons. The van der Waals surface area contributed by atoms with Crippen LogP contribution < -0.4 is 4.90 Å². The summed E-state index contributed by atoms with van der Waals surface area (Å²) < 4.78 is 29.8. The number of nitrogens with zero attached hydrogens (tertiary/aromatic N) is 10. The van der Waals surface area contributed by atoms with Crippen LogP contribution in [-0.2, 0) is 18.6 Å². The van der Waals surface area contributed by atoms with Gasteiger partial charge in [-0.25, -0.2) is 23.4 Å². The van der Waals surface area contributed by atoms with Crippen molar-refractivity contribution in [3.05, 3.63) is 78.3 Å². The number of hydrogen-bond donors (Lipinski definition) is 1. The zero-order valence-electron chi connectivity index (χ0n) is 20.4. The van der Waals surface area contributed by atoms with Gasteiger partial charge < -0.3 is 10.0 Å². The molecule has 11 nitrogen and oxygen atoms in total. The molecule has 0 spiro atoms. The number of tetrazole rings is 1. The smallest absolute Gasteiger partial charge is 0.176 e. The van der Waals surface area contributed by atoms with Crippen molar-refractivity contribution in [2.75, 3.05) is 37.6 Å². The molecule has 13 heteroatoms. The summed E-state index contributed by atoms with van der Waals surface area (Å²) in [5, 5.41) is 28.5. The number of aliphatic hydroxyl groups is 1. The molecule has 0 radical (unpaired) electrons. The third kappa shape index (κ3) is 5.47. The third-order valence-electron chi connectivity index (χ3n) is 6.77. The van der Waals surface area contributed by atoms with Crippen molar-refractivity contribution in [1.29, 1.82) is 0 Å². The molecule has 4 heterocycles. The molecule has 37 heavy (non-hydrogen) atoms. The highest BCUT2D eigenvalue weighted by Gasteiger charge is 2.41. The lowest BCUT2D eigenvalue weighted by Gasteiger charge is -2.35. The minimum absolute atomic E-state index is 0.0958. The van der Waals surface area contributed by atoms with Crippen LogP contribution in [0.1, 0.15) is 24.4 Å². The van der Waals surface area contributed by atoms with Gasteiger partial charge in [-0.3, -0.25) is 4.90 Å². The van der Waals surface area contributed by atoms with Crippen LogP contribution in [0.4, 0.5) is 14.6 Å². The Hall–Kier alpha value is -3.84. The predicted octanol–water partition coefficient (Wildman–Crippen LogP) is 1.45. The molecule has 1 fully saturated rings. The second-order valence-corrected chi connectivity index (χ2v) is 9.11. The van der Waals surface area contributed by atoms with Crippen molar-refractivity contribution in [2.45, 2.75) is 31.5 Å². The molecule has 0 aliphatic carbocycles. The monoisotopic (exact) mass is 510 g/mol. The molecule has 1 aliphatic heterocycles. The topological polar surface area (TPSA) is 114 Å². The summed E-state index contributed by atoms with van der Waals surface area (Å²) in [5.74, 6) is -0.114. The molecule has 4 aromatic rings.